The molecule has 1 aromatic heterocycles. The summed E-state index contributed by atoms with van der Waals surface area (Å²) in [5.74, 6) is 1.57. The fraction of sp³-hybridized carbons (Fsp3) is 0.111. The van der Waals surface area contributed by atoms with Crippen molar-refractivity contribution in [2.75, 3.05) is 6.79 Å². The molecule has 2 aromatic carbocycles. The first-order valence-electron chi connectivity index (χ1n) is 7.47. The second kappa shape index (κ2) is 4.71. The van der Waals surface area contributed by atoms with Gasteiger partial charge in [-0.25, -0.2) is 9.66 Å². The van der Waals surface area contributed by atoms with Crippen LogP contribution in [0.5, 0.6) is 11.5 Å². The van der Waals surface area contributed by atoms with Crippen LogP contribution in [0.25, 0.3) is 0 Å². The predicted molar refractivity (Wildman–Crippen MR) is 85.1 cm³/mol. The van der Waals surface area contributed by atoms with Crippen LogP contribution >= 0.6 is 0 Å². The average Bonchev–Trinajstić information content (AvgIpc) is 3.19. The Morgan fingerprint density at radius 3 is 2.70 bits per heavy atom. The monoisotopic (exact) mass is 303 g/mol. The molecule has 0 spiro atoms. The van der Waals surface area contributed by atoms with E-state index in [0.29, 0.717) is 0 Å². The third-order valence-corrected chi connectivity index (χ3v) is 4.17. The summed E-state index contributed by atoms with van der Waals surface area (Å²) >= 11 is 0. The average molecular weight is 303 g/mol. The van der Waals surface area contributed by atoms with E-state index >= 15 is 0 Å². The number of nitrogens with zero attached hydrogens (tertiary/aromatic N) is 3. The molecule has 0 saturated heterocycles. The molecule has 5 nitrogen and oxygen atoms in total. The molecule has 112 valence electrons. The molecule has 0 aliphatic carbocycles. The molecular weight excluding hydrogens is 290 g/mol. The Labute approximate surface area is 132 Å². The third-order valence-electron chi connectivity index (χ3n) is 4.17. The molecule has 0 radical (unpaired) electrons. The smallest absolute Gasteiger partial charge is 0.231 e. The van der Waals surface area contributed by atoms with Crippen molar-refractivity contribution in [1.82, 2.24) is 9.66 Å². The Kier molecular flexibility index (Phi) is 2.55. The van der Waals surface area contributed by atoms with Crippen LogP contribution in [0, 0.1) is 0 Å². The zero-order valence-corrected chi connectivity index (χ0v) is 12.3. The van der Waals surface area contributed by atoms with Gasteiger partial charge < -0.3 is 9.47 Å². The first-order valence-corrected chi connectivity index (χ1v) is 7.47. The standard InChI is InChI=1S/C18H13N3O2/c1-2-4-12(5-3-1)18-15-8-17-16(22-11-23-17)7-13(15)6-14-9-19-10-21(14)20-18/h1-5,7-10H,6,11H2. The summed E-state index contributed by atoms with van der Waals surface area (Å²) in [6.45, 7) is 0.272. The fourth-order valence-corrected chi connectivity index (χ4v) is 3.05. The van der Waals surface area contributed by atoms with E-state index in [1.54, 1.807) is 6.33 Å². The van der Waals surface area contributed by atoms with Gasteiger partial charge in [-0.15, -0.1) is 0 Å². The van der Waals surface area contributed by atoms with E-state index < -0.39 is 0 Å². The van der Waals surface area contributed by atoms with Gasteiger partial charge in [0.1, 0.15) is 6.33 Å². The molecule has 0 bridgehead atoms. The minimum atomic E-state index is 0.272. The lowest BCUT2D eigenvalue weighted by atomic mass is 9.95. The number of aromatic nitrogens is 2. The Balaban J connectivity index is 1.79. The lowest BCUT2D eigenvalue weighted by Crippen LogP contribution is -2.06. The molecule has 0 saturated carbocycles. The molecule has 2 aliphatic heterocycles. The van der Waals surface area contributed by atoms with Gasteiger partial charge in [0, 0.05) is 17.5 Å². The summed E-state index contributed by atoms with van der Waals surface area (Å²) in [4.78, 5) is 4.22. The first kappa shape index (κ1) is 12.5. The van der Waals surface area contributed by atoms with Crippen molar-refractivity contribution in [1.29, 1.82) is 0 Å². The summed E-state index contributed by atoms with van der Waals surface area (Å²) < 4.78 is 12.9. The van der Waals surface area contributed by atoms with Crippen LogP contribution in [0.3, 0.4) is 0 Å². The van der Waals surface area contributed by atoms with Gasteiger partial charge in [-0.3, -0.25) is 0 Å². The zero-order chi connectivity index (χ0) is 15.2. The lowest BCUT2D eigenvalue weighted by Gasteiger charge is -2.10. The highest BCUT2D eigenvalue weighted by atomic mass is 16.7. The number of hydrogen-bond donors (Lipinski definition) is 0. The molecule has 0 amide bonds. The van der Waals surface area contributed by atoms with Gasteiger partial charge in [-0.1, -0.05) is 30.3 Å². The van der Waals surface area contributed by atoms with Crippen LogP contribution in [0.2, 0.25) is 0 Å². The topological polar surface area (TPSA) is 48.6 Å². The summed E-state index contributed by atoms with van der Waals surface area (Å²) in [6, 6.07) is 14.3. The second-order valence-corrected chi connectivity index (χ2v) is 5.58. The van der Waals surface area contributed by atoms with E-state index in [9.17, 15) is 0 Å². The molecule has 2 aliphatic rings. The largest absolute Gasteiger partial charge is 0.454 e. The van der Waals surface area contributed by atoms with Gasteiger partial charge in [0.2, 0.25) is 6.79 Å². The Bertz CT molecular complexity index is 929. The normalized spacial score (nSPS) is 14.7. The maximum atomic E-state index is 5.55. The SMILES string of the molecule is c1ccc(C2=Nn3cncc3Cc3cc4c(cc32)OCO4)cc1. The van der Waals surface area contributed by atoms with Gasteiger partial charge in [-0.2, -0.15) is 5.10 Å². The Hall–Kier alpha value is -3.08. The molecule has 0 fully saturated rings. The lowest BCUT2D eigenvalue weighted by molar-refractivity contribution is 0.174. The molecule has 0 N–H and O–H groups in total. The van der Waals surface area contributed by atoms with Crippen molar-refractivity contribution >= 4 is 5.71 Å². The van der Waals surface area contributed by atoms with Gasteiger partial charge in [0.25, 0.3) is 0 Å². The van der Waals surface area contributed by atoms with Crippen molar-refractivity contribution in [3.8, 4) is 11.5 Å². The number of ether oxygens (including phenoxy) is 2. The highest BCUT2D eigenvalue weighted by Crippen LogP contribution is 2.37. The Morgan fingerprint density at radius 1 is 1.00 bits per heavy atom. The number of rotatable bonds is 1. The summed E-state index contributed by atoms with van der Waals surface area (Å²) in [6.07, 6.45) is 4.35. The molecular formula is C18H13N3O2. The summed E-state index contributed by atoms with van der Waals surface area (Å²) in [5, 5.41) is 4.81. The van der Waals surface area contributed by atoms with E-state index in [1.165, 1.54) is 0 Å². The minimum Gasteiger partial charge on any atom is -0.454 e. The third kappa shape index (κ3) is 1.93. The zero-order valence-electron chi connectivity index (χ0n) is 12.3. The maximum Gasteiger partial charge on any atom is 0.231 e. The van der Waals surface area contributed by atoms with Crippen molar-refractivity contribution in [3.05, 3.63) is 77.4 Å². The van der Waals surface area contributed by atoms with E-state index in [-0.39, 0.29) is 6.79 Å². The van der Waals surface area contributed by atoms with Crippen molar-refractivity contribution in [2.45, 2.75) is 6.42 Å². The van der Waals surface area contributed by atoms with E-state index in [0.717, 1.165) is 46.0 Å². The van der Waals surface area contributed by atoms with E-state index in [4.69, 9.17) is 14.6 Å². The summed E-state index contributed by atoms with van der Waals surface area (Å²) in [5.41, 5.74) is 5.26. The van der Waals surface area contributed by atoms with Crippen LogP contribution in [0.15, 0.2) is 60.1 Å². The second-order valence-electron chi connectivity index (χ2n) is 5.58. The highest BCUT2D eigenvalue weighted by Gasteiger charge is 2.23. The molecule has 5 rings (SSSR count). The summed E-state index contributed by atoms with van der Waals surface area (Å²) in [7, 11) is 0. The molecule has 0 unspecified atom stereocenters. The van der Waals surface area contributed by atoms with Crippen LogP contribution < -0.4 is 9.47 Å². The van der Waals surface area contributed by atoms with E-state index in [1.807, 2.05) is 35.1 Å². The van der Waals surface area contributed by atoms with Crippen LogP contribution in [-0.2, 0) is 6.42 Å². The van der Waals surface area contributed by atoms with Crippen LogP contribution in [0.1, 0.15) is 22.4 Å². The van der Waals surface area contributed by atoms with Gasteiger partial charge in [0.05, 0.1) is 17.6 Å². The minimum absolute atomic E-state index is 0.272. The Morgan fingerprint density at radius 2 is 1.83 bits per heavy atom. The van der Waals surface area contributed by atoms with Crippen LogP contribution in [0.4, 0.5) is 0 Å². The quantitative estimate of drug-likeness (QED) is 0.543. The van der Waals surface area contributed by atoms with Crippen molar-refractivity contribution < 1.29 is 9.47 Å². The number of benzene rings is 2. The molecule has 3 aromatic rings. The number of imidazole rings is 1. The fourth-order valence-electron chi connectivity index (χ4n) is 3.05. The van der Waals surface area contributed by atoms with Crippen molar-refractivity contribution in [3.63, 3.8) is 0 Å². The molecule has 0 atom stereocenters. The van der Waals surface area contributed by atoms with Gasteiger partial charge in [0.15, 0.2) is 11.5 Å². The van der Waals surface area contributed by atoms with Gasteiger partial charge in [-0.05, 0) is 17.7 Å². The molecule has 3 heterocycles. The number of hydrogen-bond acceptors (Lipinski definition) is 4. The van der Waals surface area contributed by atoms with Crippen LogP contribution in [-0.4, -0.2) is 22.2 Å². The maximum absolute atomic E-state index is 5.55. The predicted octanol–water partition coefficient (Wildman–Crippen LogP) is 2.82. The highest BCUT2D eigenvalue weighted by molar-refractivity contribution is 6.14. The molecule has 5 heteroatoms. The van der Waals surface area contributed by atoms with Crippen molar-refractivity contribution in [2.24, 2.45) is 5.10 Å². The molecule has 23 heavy (non-hydrogen) atoms. The van der Waals surface area contributed by atoms with Gasteiger partial charge >= 0.3 is 0 Å². The number of fused-ring (bicyclic) bond motifs is 3. The first-order chi connectivity index (χ1) is 11.4. The van der Waals surface area contributed by atoms with E-state index in [2.05, 4.69) is 23.2 Å².